The summed E-state index contributed by atoms with van der Waals surface area (Å²) in [4.78, 5) is 5.35. The Morgan fingerprint density at radius 3 is 2.22 bits per heavy atom. The fourth-order valence-corrected chi connectivity index (χ4v) is 3.47. The molecule has 2 fully saturated rings. The molecule has 2 saturated heterocycles. The highest BCUT2D eigenvalue weighted by Gasteiger charge is 2.31. The molecule has 2 aliphatic heterocycles. The first-order valence-corrected chi connectivity index (χ1v) is 7.80. The Bertz CT molecular complexity index is 238. The van der Waals surface area contributed by atoms with E-state index in [9.17, 15) is 0 Å². The minimum atomic E-state index is 0.334. The summed E-state index contributed by atoms with van der Waals surface area (Å²) >= 11 is 0. The molecular formula is C15H31N3. The van der Waals surface area contributed by atoms with Crippen molar-refractivity contribution in [3.05, 3.63) is 0 Å². The summed E-state index contributed by atoms with van der Waals surface area (Å²) < 4.78 is 0. The Kier molecular flexibility index (Phi) is 5.05. The number of piperazine rings is 1. The van der Waals surface area contributed by atoms with Crippen LogP contribution in [0, 0.1) is 5.92 Å². The molecule has 2 heterocycles. The second-order valence-corrected chi connectivity index (χ2v) is 6.68. The molecule has 3 nitrogen and oxygen atoms in total. The minimum Gasteiger partial charge on any atom is -0.314 e. The van der Waals surface area contributed by atoms with Gasteiger partial charge in [-0.3, -0.25) is 4.90 Å². The standard InChI is InChI=1S/C15H31N3/c1-4-14-5-9-17(10-6-14)13-15(2,3)18-11-7-16-8-12-18/h14,16H,4-13H2,1-3H3. The van der Waals surface area contributed by atoms with Gasteiger partial charge in [-0.05, 0) is 45.7 Å². The molecule has 3 heteroatoms. The Balaban J connectivity index is 1.80. The van der Waals surface area contributed by atoms with E-state index in [0.29, 0.717) is 5.54 Å². The average Bonchev–Trinajstić information content (AvgIpc) is 2.40. The van der Waals surface area contributed by atoms with Crippen LogP contribution in [0.4, 0.5) is 0 Å². The van der Waals surface area contributed by atoms with Crippen LogP contribution in [-0.2, 0) is 0 Å². The van der Waals surface area contributed by atoms with Crippen molar-refractivity contribution in [1.29, 1.82) is 0 Å². The van der Waals surface area contributed by atoms with Crippen LogP contribution in [0.25, 0.3) is 0 Å². The summed E-state index contributed by atoms with van der Waals surface area (Å²) in [7, 11) is 0. The van der Waals surface area contributed by atoms with Crippen molar-refractivity contribution in [3.63, 3.8) is 0 Å². The summed E-state index contributed by atoms with van der Waals surface area (Å²) in [6.07, 6.45) is 4.19. The predicted octanol–water partition coefficient (Wildman–Crippen LogP) is 1.79. The SMILES string of the molecule is CCC1CCN(CC(C)(C)N2CCNCC2)CC1. The van der Waals surface area contributed by atoms with Crippen LogP contribution in [0.5, 0.6) is 0 Å². The van der Waals surface area contributed by atoms with Gasteiger partial charge in [0.05, 0.1) is 0 Å². The topological polar surface area (TPSA) is 18.5 Å². The zero-order valence-electron chi connectivity index (χ0n) is 12.5. The first kappa shape index (κ1) is 14.3. The Morgan fingerprint density at radius 2 is 1.67 bits per heavy atom. The van der Waals surface area contributed by atoms with E-state index in [1.807, 2.05) is 0 Å². The summed E-state index contributed by atoms with van der Waals surface area (Å²) in [6, 6.07) is 0. The van der Waals surface area contributed by atoms with Crippen molar-refractivity contribution in [2.75, 3.05) is 45.8 Å². The van der Waals surface area contributed by atoms with E-state index in [0.717, 1.165) is 19.0 Å². The maximum absolute atomic E-state index is 3.45. The van der Waals surface area contributed by atoms with Gasteiger partial charge >= 0.3 is 0 Å². The van der Waals surface area contributed by atoms with Gasteiger partial charge in [0, 0.05) is 38.3 Å². The van der Waals surface area contributed by atoms with Crippen LogP contribution in [-0.4, -0.2) is 61.2 Å². The van der Waals surface area contributed by atoms with Crippen LogP contribution < -0.4 is 5.32 Å². The number of piperidine rings is 1. The number of hydrogen-bond donors (Lipinski definition) is 1. The third-order valence-corrected chi connectivity index (χ3v) is 4.87. The molecule has 0 saturated carbocycles. The van der Waals surface area contributed by atoms with Gasteiger partial charge in [-0.25, -0.2) is 0 Å². The van der Waals surface area contributed by atoms with Gasteiger partial charge < -0.3 is 10.2 Å². The molecule has 0 aromatic rings. The number of rotatable bonds is 4. The van der Waals surface area contributed by atoms with Crippen molar-refractivity contribution in [2.45, 2.75) is 45.6 Å². The molecule has 106 valence electrons. The van der Waals surface area contributed by atoms with Crippen molar-refractivity contribution in [2.24, 2.45) is 5.92 Å². The summed E-state index contributed by atoms with van der Waals surface area (Å²) in [5, 5.41) is 3.45. The summed E-state index contributed by atoms with van der Waals surface area (Å²) in [5.74, 6) is 0.989. The molecule has 0 radical (unpaired) electrons. The molecule has 18 heavy (non-hydrogen) atoms. The van der Waals surface area contributed by atoms with Crippen LogP contribution >= 0.6 is 0 Å². The van der Waals surface area contributed by atoms with Gasteiger partial charge in [0.2, 0.25) is 0 Å². The molecule has 0 spiro atoms. The van der Waals surface area contributed by atoms with Gasteiger partial charge in [-0.15, -0.1) is 0 Å². The third kappa shape index (κ3) is 3.69. The zero-order chi connectivity index (χ0) is 13.0. The van der Waals surface area contributed by atoms with Crippen molar-refractivity contribution < 1.29 is 0 Å². The number of likely N-dealkylation sites (tertiary alicyclic amines) is 1. The Morgan fingerprint density at radius 1 is 1.06 bits per heavy atom. The first-order chi connectivity index (χ1) is 8.62. The minimum absolute atomic E-state index is 0.334. The van der Waals surface area contributed by atoms with Crippen LogP contribution in [0.1, 0.15) is 40.0 Å². The lowest BCUT2D eigenvalue weighted by Gasteiger charge is -2.45. The van der Waals surface area contributed by atoms with E-state index in [1.165, 1.54) is 52.0 Å². The fraction of sp³-hybridized carbons (Fsp3) is 1.00. The number of nitrogens with zero attached hydrogens (tertiary/aromatic N) is 2. The highest BCUT2D eigenvalue weighted by Crippen LogP contribution is 2.23. The molecule has 0 unspecified atom stereocenters. The lowest BCUT2D eigenvalue weighted by atomic mass is 9.92. The molecule has 0 aromatic heterocycles. The second kappa shape index (κ2) is 6.36. The van der Waals surface area contributed by atoms with E-state index < -0.39 is 0 Å². The van der Waals surface area contributed by atoms with Crippen molar-refractivity contribution in [3.8, 4) is 0 Å². The van der Waals surface area contributed by atoms with E-state index >= 15 is 0 Å². The maximum atomic E-state index is 3.45. The monoisotopic (exact) mass is 253 g/mol. The molecule has 1 N–H and O–H groups in total. The average molecular weight is 253 g/mol. The first-order valence-electron chi connectivity index (χ1n) is 7.80. The quantitative estimate of drug-likeness (QED) is 0.824. The number of nitrogens with one attached hydrogen (secondary N) is 1. The molecule has 0 bridgehead atoms. The highest BCUT2D eigenvalue weighted by atomic mass is 15.3. The molecular weight excluding hydrogens is 222 g/mol. The van der Waals surface area contributed by atoms with Gasteiger partial charge in [-0.2, -0.15) is 0 Å². The molecule has 0 atom stereocenters. The third-order valence-electron chi connectivity index (χ3n) is 4.87. The van der Waals surface area contributed by atoms with E-state index in [1.54, 1.807) is 0 Å². The normalized spacial score (nSPS) is 25.5. The lowest BCUT2D eigenvalue weighted by Crippen LogP contribution is -2.58. The lowest BCUT2D eigenvalue weighted by molar-refractivity contribution is 0.0497. The predicted molar refractivity (Wildman–Crippen MR) is 78.0 cm³/mol. The summed E-state index contributed by atoms with van der Waals surface area (Å²) in [5.41, 5.74) is 0.334. The van der Waals surface area contributed by atoms with E-state index in [2.05, 4.69) is 35.9 Å². The second-order valence-electron chi connectivity index (χ2n) is 6.68. The molecule has 0 aliphatic carbocycles. The Hall–Kier alpha value is -0.120. The fourth-order valence-electron chi connectivity index (χ4n) is 3.47. The highest BCUT2D eigenvalue weighted by molar-refractivity contribution is 4.88. The van der Waals surface area contributed by atoms with Crippen molar-refractivity contribution >= 4 is 0 Å². The molecule has 2 rings (SSSR count). The van der Waals surface area contributed by atoms with Gasteiger partial charge in [0.1, 0.15) is 0 Å². The van der Waals surface area contributed by atoms with Crippen LogP contribution in [0.15, 0.2) is 0 Å². The van der Waals surface area contributed by atoms with E-state index in [-0.39, 0.29) is 0 Å². The summed E-state index contributed by atoms with van der Waals surface area (Å²) in [6.45, 7) is 15.8. The number of hydrogen-bond acceptors (Lipinski definition) is 3. The van der Waals surface area contributed by atoms with Crippen LogP contribution in [0.3, 0.4) is 0 Å². The molecule has 2 aliphatic rings. The van der Waals surface area contributed by atoms with Gasteiger partial charge in [0.25, 0.3) is 0 Å². The van der Waals surface area contributed by atoms with Crippen LogP contribution in [0.2, 0.25) is 0 Å². The van der Waals surface area contributed by atoms with Crippen molar-refractivity contribution in [1.82, 2.24) is 15.1 Å². The molecule has 0 amide bonds. The molecule has 0 aromatic carbocycles. The Labute approximate surface area is 113 Å². The van der Waals surface area contributed by atoms with Gasteiger partial charge in [0.15, 0.2) is 0 Å². The largest absolute Gasteiger partial charge is 0.314 e. The van der Waals surface area contributed by atoms with Gasteiger partial charge in [-0.1, -0.05) is 13.3 Å². The van der Waals surface area contributed by atoms with E-state index in [4.69, 9.17) is 0 Å². The smallest absolute Gasteiger partial charge is 0.0281 e. The zero-order valence-corrected chi connectivity index (χ0v) is 12.5. The maximum Gasteiger partial charge on any atom is 0.0281 e.